The molecule has 0 unspecified atom stereocenters. The third kappa shape index (κ3) is 3.75. The third-order valence-corrected chi connectivity index (χ3v) is 3.46. The van der Waals surface area contributed by atoms with Crippen LogP contribution in [0.2, 0.25) is 0 Å². The van der Waals surface area contributed by atoms with Crippen molar-refractivity contribution >= 4 is 17.8 Å². The zero-order valence-electron chi connectivity index (χ0n) is 13.3. The first-order valence-corrected chi connectivity index (χ1v) is 7.50. The van der Waals surface area contributed by atoms with Gasteiger partial charge in [-0.3, -0.25) is 14.9 Å². The number of hydrazone groups is 1. The summed E-state index contributed by atoms with van der Waals surface area (Å²) in [6.07, 6.45) is 1.28. The topological polar surface area (TPSA) is 118 Å². The molecular weight excluding hydrogens is 338 g/mol. The average Bonchev–Trinajstić information content (AvgIpc) is 3.10. The summed E-state index contributed by atoms with van der Waals surface area (Å²) in [5.41, 5.74) is 2.84. The number of benzene rings is 2. The zero-order chi connectivity index (χ0) is 18.5. The number of nitrogens with one attached hydrogen (secondary N) is 1. The van der Waals surface area contributed by atoms with Gasteiger partial charge in [0, 0.05) is 11.6 Å². The summed E-state index contributed by atoms with van der Waals surface area (Å²) < 4.78 is 5.52. The van der Waals surface area contributed by atoms with Gasteiger partial charge in [0.05, 0.1) is 16.7 Å². The van der Waals surface area contributed by atoms with E-state index in [0.717, 1.165) is 0 Å². The van der Waals surface area contributed by atoms with Crippen molar-refractivity contribution in [3.05, 3.63) is 82.1 Å². The molecule has 2 N–H and O–H groups in total. The van der Waals surface area contributed by atoms with Crippen LogP contribution in [-0.4, -0.2) is 22.2 Å². The van der Waals surface area contributed by atoms with Gasteiger partial charge in [0.25, 0.3) is 11.6 Å². The van der Waals surface area contributed by atoms with Crippen molar-refractivity contribution in [2.75, 3.05) is 0 Å². The van der Waals surface area contributed by atoms with Gasteiger partial charge in [-0.05, 0) is 36.4 Å². The standard InChI is InChI=1S/C18H13N3O5/c22-13-5-3-4-12(10-13)18(23)20-19-11-14-8-9-17(26-14)15-6-1-2-7-16(15)21(24)25/h1-11,22H,(H,20,23)/b19-11+. The molecule has 8 nitrogen and oxygen atoms in total. The van der Waals surface area contributed by atoms with Gasteiger partial charge in [-0.1, -0.05) is 18.2 Å². The van der Waals surface area contributed by atoms with Crippen molar-refractivity contribution in [1.82, 2.24) is 5.43 Å². The van der Waals surface area contributed by atoms with E-state index in [1.54, 1.807) is 36.4 Å². The van der Waals surface area contributed by atoms with Crippen molar-refractivity contribution in [2.24, 2.45) is 5.10 Å². The minimum absolute atomic E-state index is 0.0261. The molecule has 1 aromatic heterocycles. The molecule has 0 bridgehead atoms. The summed E-state index contributed by atoms with van der Waals surface area (Å²) in [5, 5.41) is 24.2. The zero-order valence-corrected chi connectivity index (χ0v) is 13.3. The van der Waals surface area contributed by atoms with E-state index >= 15 is 0 Å². The molecule has 3 rings (SSSR count). The Hall–Kier alpha value is -3.94. The number of para-hydroxylation sites is 1. The molecule has 0 aliphatic carbocycles. The second-order valence-electron chi connectivity index (χ2n) is 5.23. The second-order valence-corrected chi connectivity index (χ2v) is 5.23. The van der Waals surface area contributed by atoms with E-state index < -0.39 is 10.8 Å². The summed E-state index contributed by atoms with van der Waals surface area (Å²) in [7, 11) is 0. The number of rotatable bonds is 5. The monoisotopic (exact) mass is 351 g/mol. The maximum atomic E-state index is 11.9. The average molecular weight is 351 g/mol. The van der Waals surface area contributed by atoms with Gasteiger partial charge in [-0.15, -0.1) is 0 Å². The van der Waals surface area contributed by atoms with Crippen LogP contribution < -0.4 is 5.43 Å². The molecule has 0 atom stereocenters. The van der Waals surface area contributed by atoms with E-state index in [1.807, 2.05) is 0 Å². The molecule has 2 aromatic carbocycles. The van der Waals surface area contributed by atoms with Crippen LogP contribution in [0.4, 0.5) is 5.69 Å². The fraction of sp³-hybridized carbons (Fsp3) is 0. The van der Waals surface area contributed by atoms with E-state index in [4.69, 9.17) is 4.42 Å². The first-order valence-electron chi connectivity index (χ1n) is 7.50. The minimum atomic E-state index is -0.498. The summed E-state index contributed by atoms with van der Waals surface area (Å²) in [5.74, 6) is 0.108. The highest BCUT2D eigenvalue weighted by molar-refractivity contribution is 5.95. The third-order valence-electron chi connectivity index (χ3n) is 3.46. The fourth-order valence-electron chi connectivity index (χ4n) is 2.27. The van der Waals surface area contributed by atoms with E-state index in [0.29, 0.717) is 17.1 Å². The molecule has 1 amide bonds. The number of aromatic hydroxyl groups is 1. The predicted molar refractivity (Wildman–Crippen MR) is 94.0 cm³/mol. The highest BCUT2D eigenvalue weighted by Gasteiger charge is 2.16. The van der Waals surface area contributed by atoms with Gasteiger partial charge < -0.3 is 9.52 Å². The van der Waals surface area contributed by atoms with Crippen LogP contribution in [-0.2, 0) is 0 Å². The van der Waals surface area contributed by atoms with E-state index in [-0.39, 0.29) is 17.0 Å². The lowest BCUT2D eigenvalue weighted by molar-refractivity contribution is -0.384. The maximum Gasteiger partial charge on any atom is 0.280 e. The van der Waals surface area contributed by atoms with Gasteiger partial charge >= 0.3 is 0 Å². The lowest BCUT2D eigenvalue weighted by Gasteiger charge is -2.00. The van der Waals surface area contributed by atoms with Crippen LogP contribution in [0, 0.1) is 10.1 Å². The van der Waals surface area contributed by atoms with Gasteiger partial charge in [-0.25, -0.2) is 5.43 Å². The minimum Gasteiger partial charge on any atom is -0.508 e. The molecule has 130 valence electrons. The Labute approximate surface area is 147 Å². The van der Waals surface area contributed by atoms with Crippen molar-refractivity contribution in [3.8, 4) is 17.1 Å². The van der Waals surface area contributed by atoms with E-state index in [9.17, 15) is 20.0 Å². The largest absolute Gasteiger partial charge is 0.508 e. The SMILES string of the molecule is O=C(N/N=C/c1ccc(-c2ccccc2[N+](=O)[O-])o1)c1cccc(O)c1. The lowest BCUT2D eigenvalue weighted by atomic mass is 10.1. The first-order chi connectivity index (χ1) is 12.5. The number of hydrogen-bond donors (Lipinski definition) is 2. The number of nitro benzene ring substituents is 1. The van der Waals surface area contributed by atoms with Crippen molar-refractivity contribution < 1.29 is 19.2 Å². The van der Waals surface area contributed by atoms with Gasteiger partial charge in [0.1, 0.15) is 17.3 Å². The number of carbonyl (C=O) groups is 1. The van der Waals surface area contributed by atoms with Gasteiger partial charge in [0.2, 0.25) is 0 Å². The van der Waals surface area contributed by atoms with Crippen molar-refractivity contribution in [1.29, 1.82) is 0 Å². The molecule has 0 radical (unpaired) electrons. The summed E-state index contributed by atoms with van der Waals surface area (Å²) >= 11 is 0. The molecule has 8 heteroatoms. The summed E-state index contributed by atoms with van der Waals surface area (Å²) in [4.78, 5) is 22.5. The van der Waals surface area contributed by atoms with Crippen LogP contribution in [0.3, 0.4) is 0 Å². The van der Waals surface area contributed by atoms with Crippen LogP contribution >= 0.6 is 0 Å². The highest BCUT2D eigenvalue weighted by Crippen LogP contribution is 2.30. The molecule has 1 heterocycles. The smallest absolute Gasteiger partial charge is 0.280 e. The molecule has 0 spiro atoms. The van der Waals surface area contributed by atoms with Crippen molar-refractivity contribution in [2.45, 2.75) is 0 Å². The van der Waals surface area contributed by atoms with Crippen LogP contribution in [0.15, 0.2) is 70.2 Å². The Balaban J connectivity index is 1.72. The van der Waals surface area contributed by atoms with E-state index in [2.05, 4.69) is 10.5 Å². The Morgan fingerprint density at radius 1 is 1.15 bits per heavy atom. The lowest BCUT2D eigenvalue weighted by Crippen LogP contribution is -2.17. The molecule has 0 aliphatic heterocycles. The molecule has 26 heavy (non-hydrogen) atoms. The molecule has 3 aromatic rings. The first kappa shape index (κ1) is 16.9. The Bertz CT molecular complexity index is 994. The molecule has 0 aliphatic rings. The van der Waals surface area contributed by atoms with Crippen LogP contribution in [0.25, 0.3) is 11.3 Å². The number of carbonyl (C=O) groups excluding carboxylic acids is 1. The number of nitro groups is 1. The van der Waals surface area contributed by atoms with Crippen LogP contribution in [0.5, 0.6) is 5.75 Å². The Morgan fingerprint density at radius 2 is 1.96 bits per heavy atom. The molecule has 0 saturated carbocycles. The summed E-state index contributed by atoms with van der Waals surface area (Å²) in [6.45, 7) is 0. The number of furan rings is 1. The number of amides is 1. The maximum absolute atomic E-state index is 11.9. The molecule has 0 fully saturated rings. The number of hydrogen-bond acceptors (Lipinski definition) is 6. The van der Waals surface area contributed by atoms with Gasteiger partial charge in [-0.2, -0.15) is 5.10 Å². The highest BCUT2D eigenvalue weighted by atomic mass is 16.6. The Kier molecular flexibility index (Phi) is 4.75. The number of nitrogens with zero attached hydrogens (tertiary/aromatic N) is 2. The van der Waals surface area contributed by atoms with E-state index in [1.165, 1.54) is 30.5 Å². The van der Waals surface area contributed by atoms with Gasteiger partial charge in [0.15, 0.2) is 0 Å². The number of phenolic OH excluding ortho intramolecular Hbond substituents is 1. The van der Waals surface area contributed by atoms with Crippen molar-refractivity contribution in [3.63, 3.8) is 0 Å². The van der Waals surface area contributed by atoms with Crippen LogP contribution in [0.1, 0.15) is 16.1 Å². The summed E-state index contributed by atoms with van der Waals surface area (Å²) in [6, 6.07) is 15.2. The molecule has 0 saturated heterocycles. The predicted octanol–water partition coefficient (Wildman–Crippen LogP) is 3.32. The molecular formula is C18H13N3O5. The second kappa shape index (κ2) is 7.31. The Morgan fingerprint density at radius 3 is 2.73 bits per heavy atom. The quantitative estimate of drug-likeness (QED) is 0.415. The normalized spacial score (nSPS) is 10.8. The fourth-order valence-corrected chi connectivity index (χ4v) is 2.27. The number of phenols is 1.